The van der Waals surface area contributed by atoms with Crippen molar-refractivity contribution < 1.29 is 9.47 Å². The first-order valence-corrected chi connectivity index (χ1v) is 5.79. The summed E-state index contributed by atoms with van der Waals surface area (Å²) in [7, 11) is 1.48. The van der Waals surface area contributed by atoms with Crippen LogP contribution in [0.15, 0.2) is 35.8 Å². The predicted octanol–water partition coefficient (Wildman–Crippen LogP) is 3.02. The number of methoxy groups -OCH3 is 1. The standard InChI is InChI=1S/C11H9ClNO2S/c1-14-11(12,10-13-7-8-16-10)15-9-5-3-2-4-6-9/h3-8H,1H3. The zero-order valence-electron chi connectivity index (χ0n) is 8.51. The van der Waals surface area contributed by atoms with Crippen molar-refractivity contribution in [2.75, 3.05) is 7.11 Å². The number of benzene rings is 1. The number of ether oxygens (including phenoxy) is 2. The summed E-state index contributed by atoms with van der Waals surface area (Å²) in [6, 6.07) is 9.88. The Morgan fingerprint density at radius 3 is 2.75 bits per heavy atom. The topological polar surface area (TPSA) is 31.4 Å². The van der Waals surface area contributed by atoms with Gasteiger partial charge in [-0.3, -0.25) is 0 Å². The van der Waals surface area contributed by atoms with E-state index in [1.807, 2.05) is 5.38 Å². The lowest BCUT2D eigenvalue weighted by molar-refractivity contribution is -0.0999. The third-order valence-corrected chi connectivity index (χ3v) is 3.26. The molecule has 0 N–H and O–H groups in total. The van der Waals surface area contributed by atoms with Gasteiger partial charge in [0.1, 0.15) is 5.75 Å². The van der Waals surface area contributed by atoms with Crippen LogP contribution in [0.2, 0.25) is 0 Å². The first-order valence-electron chi connectivity index (χ1n) is 4.54. The van der Waals surface area contributed by atoms with Crippen LogP contribution in [0.5, 0.6) is 5.75 Å². The van der Waals surface area contributed by atoms with Crippen LogP contribution >= 0.6 is 22.9 Å². The highest BCUT2D eigenvalue weighted by Crippen LogP contribution is 2.33. The maximum Gasteiger partial charge on any atom is 0.345 e. The van der Waals surface area contributed by atoms with Crippen molar-refractivity contribution in [2.24, 2.45) is 0 Å². The summed E-state index contributed by atoms with van der Waals surface area (Å²) >= 11 is 7.59. The van der Waals surface area contributed by atoms with Crippen LogP contribution in [-0.4, -0.2) is 12.1 Å². The van der Waals surface area contributed by atoms with Gasteiger partial charge in [0.05, 0.1) is 0 Å². The number of hydrogen-bond donors (Lipinski definition) is 0. The van der Waals surface area contributed by atoms with Gasteiger partial charge in [-0.25, -0.2) is 4.98 Å². The average molecular weight is 255 g/mol. The molecule has 1 atom stereocenters. The Morgan fingerprint density at radius 1 is 1.44 bits per heavy atom. The Kier molecular flexibility index (Phi) is 3.43. The van der Waals surface area contributed by atoms with Crippen molar-refractivity contribution in [1.29, 1.82) is 0 Å². The number of nitrogens with zero attached hydrogens (tertiary/aromatic N) is 1. The molecule has 5 heteroatoms. The molecule has 0 saturated heterocycles. The number of alkyl halides is 1. The highest BCUT2D eigenvalue weighted by Gasteiger charge is 2.35. The molecule has 2 rings (SSSR count). The number of aromatic nitrogens is 1. The van der Waals surface area contributed by atoms with E-state index in [1.165, 1.54) is 18.4 Å². The summed E-state index contributed by atoms with van der Waals surface area (Å²) in [4.78, 5) is 4.08. The van der Waals surface area contributed by atoms with Crippen LogP contribution in [0.25, 0.3) is 0 Å². The van der Waals surface area contributed by atoms with Crippen LogP contribution in [0.3, 0.4) is 0 Å². The van der Waals surface area contributed by atoms with E-state index in [9.17, 15) is 0 Å². The molecule has 0 saturated carbocycles. The molecule has 0 aliphatic rings. The monoisotopic (exact) mass is 254 g/mol. The summed E-state index contributed by atoms with van der Waals surface area (Å²) in [6.45, 7) is 0. The molecule has 1 unspecified atom stereocenters. The van der Waals surface area contributed by atoms with Crippen molar-refractivity contribution in [2.45, 2.75) is 5.25 Å². The van der Waals surface area contributed by atoms with Crippen molar-refractivity contribution in [3.63, 3.8) is 0 Å². The lowest BCUT2D eigenvalue weighted by Crippen LogP contribution is -2.28. The fourth-order valence-electron chi connectivity index (χ4n) is 1.13. The van der Waals surface area contributed by atoms with E-state index in [4.69, 9.17) is 21.1 Å². The molecule has 2 aromatic rings. The van der Waals surface area contributed by atoms with Crippen molar-refractivity contribution in [3.8, 4) is 5.75 Å². The molecule has 1 heterocycles. The van der Waals surface area contributed by atoms with Crippen molar-refractivity contribution >= 4 is 22.9 Å². The van der Waals surface area contributed by atoms with Gasteiger partial charge >= 0.3 is 5.25 Å². The summed E-state index contributed by atoms with van der Waals surface area (Å²) in [5, 5.41) is 1.01. The van der Waals surface area contributed by atoms with E-state index in [2.05, 4.69) is 11.1 Å². The Labute approximate surface area is 103 Å². The van der Waals surface area contributed by atoms with E-state index in [1.54, 1.807) is 30.5 Å². The van der Waals surface area contributed by atoms with Crippen LogP contribution in [0.4, 0.5) is 0 Å². The highest BCUT2D eigenvalue weighted by atomic mass is 35.5. The average Bonchev–Trinajstić information content (AvgIpc) is 2.84. The molecule has 1 aromatic heterocycles. The molecule has 0 spiro atoms. The normalized spacial score (nSPS) is 14.4. The number of hydrogen-bond acceptors (Lipinski definition) is 4. The quantitative estimate of drug-likeness (QED) is 0.621. The molecule has 1 radical (unpaired) electrons. The lowest BCUT2D eigenvalue weighted by atomic mass is 10.3. The molecule has 16 heavy (non-hydrogen) atoms. The van der Waals surface area contributed by atoms with Crippen molar-refractivity contribution in [1.82, 2.24) is 4.98 Å². The minimum Gasteiger partial charge on any atom is -0.443 e. The summed E-state index contributed by atoms with van der Waals surface area (Å²) in [6.07, 6.45) is 1.65. The minimum atomic E-state index is -1.37. The van der Waals surface area contributed by atoms with Crippen LogP contribution in [0.1, 0.15) is 5.01 Å². The van der Waals surface area contributed by atoms with E-state index >= 15 is 0 Å². The van der Waals surface area contributed by atoms with Crippen LogP contribution in [0, 0.1) is 6.07 Å². The van der Waals surface area contributed by atoms with Gasteiger partial charge in [-0.2, -0.15) is 0 Å². The van der Waals surface area contributed by atoms with Crippen LogP contribution < -0.4 is 4.74 Å². The maximum absolute atomic E-state index is 6.22. The van der Waals surface area contributed by atoms with Gasteiger partial charge in [-0.1, -0.05) is 12.1 Å². The second-order valence-electron chi connectivity index (χ2n) is 2.92. The Balaban J connectivity index is 2.23. The zero-order valence-corrected chi connectivity index (χ0v) is 10.1. The first kappa shape index (κ1) is 11.4. The fourth-order valence-corrected chi connectivity index (χ4v) is 2.04. The smallest absolute Gasteiger partial charge is 0.345 e. The van der Waals surface area contributed by atoms with Gasteiger partial charge < -0.3 is 9.47 Å². The molecular formula is C11H9ClNO2S. The van der Waals surface area contributed by atoms with Gasteiger partial charge in [0.15, 0.2) is 5.01 Å². The van der Waals surface area contributed by atoms with E-state index in [0.717, 1.165) is 0 Å². The molecule has 0 fully saturated rings. The van der Waals surface area contributed by atoms with Crippen molar-refractivity contribution in [3.05, 3.63) is 46.9 Å². The van der Waals surface area contributed by atoms with Gasteiger partial charge in [0, 0.05) is 18.7 Å². The second-order valence-corrected chi connectivity index (χ2v) is 4.31. The lowest BCUT2D eigenvalue weighted by Gasteiger charge is -2.23. The molecule has 3 nitrogen and oxygen atoms in total. The Morgan fingerprint density at radius 2 is 2.19 bits per heavy atom. The molecule has 0 amide bonds. The zero-order chi connectivity index (χ0) is 11.4. The largest absolute Gasteiger partial charge is 0.443 e. The molecule has 0 bridgehead atoms. The third kappa shape index (κ3) is 2.35. The first-order chi connectivity index (χ1) is 7.74. The second kappa shape index (κ2) is 4.82. The van der Waals surface area contributed by atoms with Crippen LogP contribution in [-0.2, 0) is 9.98 Å². The molecule has 83 valence electrons. The summed E-state index contributed by atoms with van der Waals surface area (Å²) in [5.74, 6) is 0.603. The predicted molar refractivity (Wildman–Crippen MR) is 62.6 cm³/mol. The third-order valence-electron chi connectivity index (χ3n) is 1.89. The van der Waals surface area contributed by atoms with Gasteiger partial charge in [-0.15, -0.1) is 11.3 Å². The SMILES string of the molecule is COC(Cl)(Oc1cc[c]cc1)c1nccs1. The summed E-state index contributed by atoms with van der Waals surface area (Å²) < 4.78 is 10.7. The fraction of sp³-hybridized carbons (Fsp3) is 0.182. The van der Waals surface area contributed by atoms with Gasteiger partial charge in [-0.05, 0) is 29.8 Å². The van der Waals surface area contributed by atoms with E-state index in [0.29, 0.717) is 10.8 Å². The number of halogens is 1. The Bertz CT molecular complexity index is 435. The molecule has 0 aliphatic heterocycles. The van der Waals surface area contributed by atoms with Gasteiger partial charge in [0.25, 0.3) is 0 Å². The van der Waals surface area contributed by atoms with E-state index < -0.39 is 5.25 Å². The minimum absolute atomic E-state index is 0.560. The summed E-state index contributed by atoms with van der Waals surface area (Å²) in [5.41, 5.74) is 0. The highest BCUT2D eigenvalue weighted by molar-refractivity contribution is 7.09. The number of thiazole rings is 1. The molecular weight excluding hydrogens is 246 g/mol. The number of rotatable bonds is 4. The Hall–Kier alpha value is -1.10. The maximum atomic E-state index is 6.22. The van der Waals surface area contributed by atoms with E-state index in [-0.39, 0.29) is 0 Å². The van der Waals surface area contributed by atoms with Gasteiger partial charge in [0.2, 0.25) is 0 Å². The molecule has 1 aromatic carbocycles. The molecule has 0 aliphatic carbocycles.